The second-order valence-electron chi connectivity index (χ2n) is 7.89. The number of likely N-dealkylation sites (N-methyl/N-ethyl adjacent to an activating group) is 1. The summed E-state index contributed by atoms with van der Waals surface area (Å²) in [7, 11) is 2.12. The topological polar surface area (TPSA) is 66.1 Å². The van der Waals surface area contributed by atoms with E-state index < -0.39 is 5.91 Å². The van der Waals surface area contributed by atoms with Gasteiger partial charge in [-0.15, -0.1) is 11.3 Å². The molecule has 5 nitrogen and oxygen atoms in total. The maximum atomic E-state index is 12.8. The Hall–Kier alpha value is -2.65. The number of rotatable bonds is 3. The van der Waals surface area contributed by atoms with Gasteiger partial charge in [-0.1, -0.05) is 19.3 Å². The molecule has 1 fully saturated rings. The number of hydrogen-bond acceptors (Lipinski definition) is 4. The number of carbonyl (C=O) groups is 2. The van der Waals surface area contributed by atoms with E-state index in [1.54, 1.807) is 25.2 Å². The lowest BCUT2D eigenvalue weighted by Crippen LogP contribution is -2.42. The highest BCUT2D eigenvalue weighted by Crippen LogP contribution is 2.38. The van der Waals surface area contributed by atoms with Crippen LogP contribution in [0.15, 0.2) is 28.9 Å². The van der Waals surface area contributed by atoms with Crippen LogP contribution < -0.4 is 0 Å². The first kappa shape index (κ1) is 19.7. The van der Waals surface area contributed by atoms with Crippen molar-refractivity contribution in [3.05, 3.63) is 39.4 Å². The van der Waals surface area contributed by atoms with E-state index in [1.807, 2.05) is 12.1 Å². The van der Waals surface area contributed by atoms with E-state index in [4.69, 9.17) is 0 Å². The maximum Gasteiger partial charge on any atom is 0.271 e. The predicted octanol–water partition coefficient (Wildman–Crippen LogP) is 4.90. The second-order valence-corrected chi connectivity index (χ2v) is 9.00. The van der Waals surface area contributed by atoms with E-state index in [9.17, 15) is 14.9 Å². The van der Waals surface area contributed by atoms with Gasteiger partial charge in [-0.2, -0.15) is 5.26 Å². The van der Waals surface area contributed by atoms with Gasteiger partial charge in [0.2, 0.25) is 0 Å². The lowest BCUT2D eigenvalue weighted by Gasteiger charge is -2.26. The molecule has 0 aromatic carbocycles. The molecule has 0 saturated heterocycles. The number of aryl methyl sites for hydroxylation is 1. The SMILES string of the molecule is CCN1C(=O)C(C#N)=C(C)/C(=C/c2cc3c(cc(C4CCCCC4)n3C)s2)C1=O. The number of amides is 2. The highest BCUT2D eigenvalue weighted by Gasteiger charge is 2.34. The third-order valence-corrected chi connectivity index (χ3v) is 7.26. The van der Waals surface area contributed by atoms with Crippen LogP contribution in [0, 0.1) is 11.3 Å². The minimum atomic E-state index is -0.497. The summed E-state index contributed by atoms with van der Waals surface area (Å²) in [5.41, 5.74) is 3.54. The molecule has 1 aliphatic heterocycles. The molecule has 0 unspecified atom stereocenters. The van der Waals surface area contributed by atoms with Crippen molar-refractivity contribution in [3.63, 3.8) is 0 Å². The number of thiophene rings is 1. The summed E-state index contributed by atoms with van der Waals surface area (Å²) >= 11 is 1.65. The highest BCUT2D eigenvalue weighted by molar-refractivity contribution is 7.19. The number of fused-ring (bicyclic) bond motifs is 1. The number of imide groups is 1. The van der Waals surface area contributed by atoms with E-state index in [1.165, 1.54) is 48.0 Å². The lowest BCUT2D eigenvalue weighted by molar-refractivity contribution is -0.140. The number of carbonyl (C=O) groups excluding carboxylic acids is 2. The molecule has 150 valence electrons. The Balaban J connectivity index is 1.74. The minimum Gasteiger partial charge on any atom is -0.347 e. The van der Waals surface area contributed by atoms with Crippen molar-refractivity contribution in [3.8, 4) is 6.07 Å². The van der Waals surface area contributed by atoms with Gasteiger partial charge in [0.1, 0.15) is 11.6 Å². The van der Waals surface area contributed by atoms with E-state index in [2.05, 4.69) is 23.7 Å². The number of aromatic nitrogens is 1. The first-order valence-electron chi connectivity index (χ1n) is 10.2. The zero-order valence-electron chi connectivity index (χ0n) is 17.1. The van der Waals surface area contributed by atoms with Gasteiger partial charge in [-0.3, -0.25) is 14.5 Å². The Morgan fingerprint density at radius 3 is 2.55 bits per heavy atom. The largest absolute Gasteiger partial charge is 0.347 e. The maximum absolute atomic E-state index is 12.8. The predicted molar refractivity (Wildman–Crippen MR) is 115 cm³/mol. The van der Waals surface area contributed by atoms with E-state index in [-0.39, 0.29) is 18.0 Å². The second kappa shape index (κ2) is 7.64. The molecule has 1 aliphatic carbocycles. The van der Waals surface area contributed by atoms with Gasteiger partial charge in [0.25, 0.3) is 11.8 Å². The fraction of sp³-hybridized carbons (Fsp3) is 0.435. The average molecular weight is 408 g/mol. The third kappa shape index (κ3) is 3.24. The average Bonchev–Trinajstić information content (AvgIpc) is 3.25. The van der Waals surface area contributed by atoms with Crippen molar-refractivity contribution in [2.45, 2.75) is 51.9 Å². The van der Waals surface area contributed by atoms with Crippen LogP contribution in [-0.4, -0.2) is 27.8 Å². The molecule has 4 rings (SSSR count). The fourth-order valence-electron chi connectivity index (χ4n) is 4.57. The highest BCUT2D eigenvalue weighted by atomic mass is 32.1. The Morgan fingerprint density at radius 2 is 1.93 bits per heavy atom. The molecule has 3 heterocycles. The number of nitrogens with zero attached hydrogens (tertiary/aromatic N) is 3. The van der Waals surface area contributed by atoms with Gasteiger partial charge < -0.3 is 4.57 Å². The van der Waals surface area contributed by atoms with Crippen molar-refractivity contribution >= 4 is 39.4 Å². The molecule has 2 aromatic rings. The van der Waals surface area contributed by atoms with Gasteiger partial charge in [0, 0.05) is 29.7 Å². The summed E-state index contributed by atoms with van der Waals surface area (Å²) in [6, 6.07) is 6.38. The summed E-state index contributed by atoms with van der Waals surface area (Å²) in [6.45, 7) is 3.68. The van der Waals surface area contributed by atoms with E-state index >= 15 is 0 Å². The van der Waals surface area contributed by atoms with Gasteiger partial charge in [0.15, 0.2) is 0 Å². The summed E-state index contributed by atoms with van der Waals surface area (Å²) < 4.78 is 3.51. The van der Waals surface area contributed by atoms with Crippen LogP contribution >= 0.6 is 11.3 Å². The molecule has 2 aromatic heterocycles. The molecular formula is C23H25N3O2S. The fourth-order valence-corrected chi connectivity index (χ4v) is 5.65. The minimum absolute atomic E-state index is 0.0541. The normalized spacial score (nSPS) is 20.2. The van der Waals surface area contributed by atoms with E-state index in [0.717, 1.165) is 9.78 Å². The molecule has 0 radical (unpaired) electrons. The molecular weight excluding hydrogens is 382 g/mol. The zero-order valence-corrected chi connectivity index (χ0v) is 17.9. The zero-order chi connectivity index (χ0) is 20.7. The Kier molecular flexibility index (Phi) is 5.18. The van der Waals surface area contributed by atoms with Gasteiger partial charge in [0.05, 0.1) is 10.2 Å². The molecule has 1 saturated carbocycles. The van der Waals surface area contributed by atoms with Crippen LogP contribution in [0.5, 0.6) is 0 Å². The number of hydrogen-bond donors (Lipinski definition) is 0. The van der Waals surface area contributed by atoms with Crippen LogP contribution in [0.2, 0.25) is 0 Å². The van der Waals surface area contributed by atoms with Crippen LogP contribution in [0.4, 0.5) is 0 Å². The Labute approximate surface area is 174 Å². The van der Waals surface area contributed by atoms with Crippen LogP contribution in [0.1, 0.15) is 62.4 Å². The molecule has 0 bridgehead atoms. The quantitative estimate of drug-likeness (QED) is 0.537. The Bertz CT molecular complexity index is 1100. The molecule has 29 heavy (non-hydrogen) atoms. The molecule has 0 spiro atoms. The van der Waals surface area contributed by atoms with Crippen LogP contribution in [0.3, 0.4) is 0 Å². The van der Waals surface area contributed by atoms with Crippen molar-refractivity contribution in [2.75, 3.05) is 6.54 Å². The van der Waals surface area contributed by atoms with Crippen molar-refractivity contribution in [1.29, 1.82) is 5.26 Å². The standard InChI is InChI=1S/C23H25N3O2S/c1-4-26-22(27)17(14(2)18(13-24)23(26)28)10-16-11-20-21(29-16)12-19(25(20)3)15-8-6-5-7-9-15/h10-12,15H,4-9H2,1-3H3/b17-10-. The van der Waals surface area contributed by atoms with Crippen molar-refractivity contribution < 1.29 is 9.59 Å². The lowest BCUT2D eigenvalue weighted by atomic mass is 9.87. The Morgan fingerprint density at radius 1 is 1.21 bits per heavy atom. The van der Waals surface area contributed by atoms with Gasteiger partial charge in [-0.05, 0) is 56.4 Å². The summed E-state index contributed by atoms with van der Waals surface area (Å²) in [5, 5.41) is 9.39. The third-order valence-electron chi connectivity index (χ3n) is 6.24. The van der Waals surface area contributed by atoms with Crippen LogP contribution in [0.25, 0.3) is 16.3 Å². The first-order valence-corrected chi connectivity index (χ1v) is 11.1. The smallest absolute Gasteiger partial charge is 0.271 e. The molecule has 0 N–H and O–H groups in total. The molecule has 6 heteroatoms. The van der Waals surface area contributed by atoms with Crippen molar-refractivity contribution in [2.24, 2.45) is 7.05 Å². The van der Waals surface area contributed by atoms with Crippen LogP contribution in [-0.2, 0) is 16.6 Å². The summed E-state index contributed by atoms with van der Waals surface area (Å²) in [6.07, 6.45) is 8.31. The molecule has 2 aliphatic rings. The van der Waals surface area contributed by atoms with E-state index in [0.29, 0.717) is 17.1 Å². The summed E-state index contributed by atoms with van der Waals surface area (Å²) in [5.74, 6) is -0.181. The van der Waals surface area contributed by atoms with Crippen molar-refractivity contribution in [1.82, 2.24) is 9.47 Å². The molecule has 0 atom stereocenters. The first-order chi connectivity index (χ1) is 14.0. The van der Waals surface area contributed by atoms with Gasteiger partial charge in [-0.25, -0.2) is 0 Å². The monoisotopic (exact) mass is 407 g/mol. The summed E-state index contributed by atoms with van der Waals surface area (Å²) in [4.78, 5) is 27.3. The van der Waals surface area contributed by atoms with Gasteiger partial charge >= 0.3 is 0 Å². The molecule has 2 amide bonds. The number of nitriles is 1.